The van der Waals surface area contributed by atoms with Crippen molar-refractivity contribution in [1.82, 2.24) is 0 Å². The fourth-order valence-corrected chi connectivity index (χ4v) is 13.4. The molecule has 12 heteroatoms. The molecule has 368 valence electrons. The maximum absolute atomic E-state index is 14.8. The third-order valence-electron chi connectivity index (χ3n) is 17.4. The molecule has 6 aliphatic rings. The van der Waals surface area contributed by atoms with E-state index in [0.29, 0.717) is 35.3 Å². The number of carbonyl (C=O) groups is 4. The summed E-state index contributed by atoms with van der Waals surface area (Å²) in [6, 6.07) is 39.4. The molecule has 0 aromatic heterocycles. The lowest BCUT2D eigenvalue weighted by Crippen LogP contribution is -2.46. The number of hydrogen-bond donors (Lipinski definition) is 4. The van der Waals surface area contributed by atoms with Gasteiger partial charge in [0.25, 0.3) is 11.8 Å². The van der Waals surface area contributed by atoms with Crippen LogP contribution in [0.1, 0.15) is 108 Å². The van der Waals surface area contributed by atoms with Crippen molar-refractivity contribution in [3.63, 3.8) is 0 Å². The van der Waals surface area contributed by atoms with Gasteiger partial charge in [-0.3, -0.25) is 19.2 Å². The zero-order valence-corrected chi connectivity index (χ0v) is 42.0. The molecule has 8 aromatic rings. The van der Waals surface area contributed by atoms with Crippen LogP contribution in [0.4, 0.5) is 45.5 Å². The highest BCUT2D eigenvalue weighted by molar-refractivity contribution is 6.09. The second kappa shape index (κ2) is 15.9. The zero-order valence-electron chi connectivity index (χ0n) is 42.0. The average Bonchev–Trinajstić information content (AvgIpc) is 4.14. The molecule has 0 unspecified atom stereocenters. The third kappa shape index (κ3) is 6.22. The predicted octanol–water partition coefficient (Wildman–Crippen LogP) is 11.2. The number of anilines is 8. The van der Waals surface area contributed by atoms with E-state index < -0.39 is 5.41 Å². The van der Waals surface area contributed by atoms with Crippen molar-refractivity contribution >= 4 is 69.9 Å². The van der Waals surface area contributed by atoms with Crippen molar-refractivity contribution in [2.45, 2.75) is 59.3 Å². The van der Waals surface area contributed by atoms with Gasteiger partial charge in [0.1, 0.15) is 12.6 Å². The molecule has 4 aliphatic heterocycles. The summed E-state index contributed by atoms with van der Waals surface area (Å²) in [6.45, 7) is 12.7. The van der Waals surface area contributed by atoms with Crippen LogP contribution in [0.2, 0.25) is 0 Å². The van der Waals surface area contributed by atoms with Gasteiger partial charge in [0, 0.05) is 93.9 Å². The van der Waals surface area contributed by atoms with Crippen LogP contribution in [0.25, 0.3) is 22.3 Å². The number of fused-ring (bicyclic) bond motifs is 22. The SMILES string of the molecule is Cc1c(N)ccc2c1CN1CN2Cc2c1ccc(NC(=O)c1ccc3c(c1)C1(c4cc(C=O)ccc4-3)c3cc(C=O)ccc3-c3ccc(C(=O)Nc4ccc5c(c4C)CN4CN5Cc5c4ccc(N)c5C)cc31)c2C. The van der Waals surface area contributed by atoms with E-state index in [0.717, 1.165) is 151 Å². The molecule has 0 radical (unpaired) electrons. The topological polar surface area (TPSA) is 157 Å². The minimum atomic E-state index is -1.11. The normalized spacial score (nSPS) is 15.2. The quantitative estimate of drug-likeness (QED) is 0.0934. The lowest BCUT2D eigenvalue weighted by atomic mass is 9.69. The Bertz CT molecular complexity index is 3700. The number of nitrogens with two attached hydrogens (primary N) is 2. The van der Waals surface area contributed by atoms with Crippen LogP contribution in [0.5, 0.6) is 0 Å². The Balaban J connectivity index is 0.839. The second-order valence-electron chi connectivity index (χ2n) is 21.1. The van der Waals surface area contributed by atoms with Crippen molar-refractivity contribution in [2.24, 2.45) is 0 Å². The molecule has 2 aliphatic carbocycles. The first-order chi connectivity index (χ1) is 36.3. The summed E-state index contributed by atoms with van der Waals surface area (Å²) >= 11 is 0. The van der Waals surface area contributed by atoms with Crippen LogP contribution in [-0.2, 0) is 31.6 Å². The number of amides is 2. The highest BCUT2D eigenvalue weighted by Crippen LogP contribution is 2.63. The lowest BCUT2D eigenvalue weighted by Gasteiger charge is -2.46. The second-order valence-corrected chi connectivity index (χ2v) is 21.1. The molecule has 0 fully saturated rings. The minimum Gasteiger partial charge on any atom is -0.399 e. The maximum Gasteiger partial charge on any atom is 0.255 e. The van der Waals surface area contributed by atoms with Crippen LogP contribution in [0.3, 0.4) is 0 Å². The monoisotopic (exact) mass is 984 g/mol. The van der Waals surface area contributed by atoms with Gasteiger partial charge in [0.15, 0.2) is 0 Å². The van der Waals surface area contributed by atoms with Crippen LogP contribution in [0.15, 0.2) is 121 Å². The fourth-order valence-electron chi connectivity index (χ4n) is 13.4. The number of nitrogen functional groups attached to an aromatic ring is 2. The first kappa shape index (κ1) is 44.5. The van der Waals surface area contributed by atoms with Gasteiger partial charge in [-0.1, -0.05) is 36.4 Å². The minimum absolute atomic E-state index is 0.275. The molecule has 12 nitrogen and oxygen atoms in total. The standard InChI is InChI=1S/C63H52N8O4/c1-33-45-25-68-31-70(57(45)17-13-53(33)64)27-47-35(3)55(15-19-59(47)68)66-61(74)39-7-11-43-41-9-5-37(29-72)21-49(41)63(51(43)23-39)50-22-38(30-73)6-10-42(50)44-12-8-40(24-52(44)63)62(75)67-56-16-20-60-48(36(56)4)28-71-32-69(60)26-46-34(2)54(65)14-18-58(46)71/h5-24,29-30H,25-28,31-32,64-65H2,1-4H3,(H,66,74)(H,67,75). The van der Waals surface area contributed by atoms with Crippen molar-refractivity contribution in [3.8, 4) is 22.3 Å². The molecule has 4 bridgehead atoms. The molecule has 2 amide bonds. The highest BCUT2D eigenvalue weighted by atomic mass is 16.2. The van der Waals surface area contributed by atoms with Crippen LogP contribution in [-0.4, -0.2) is 37.7 Å². The van der Waals surface area contributed by atoms with E-state index in [1.807, 2.05) is 97.1 Å². The summed E-state index contributed by atoms with van der Waals surface area (Å²) < 4.78 is 0. The van der Waals surface area contributed by atoms with E-state index in [-0.39, 0.29) is 11.8 Å². The maximum atomic E-state index is 14.8. The number of rotatable bonds is 6. The largest absolute Gasteiger partial charge is 0.399 e. The number of benzene rings is 8. The Labute approximate surface area is 434 Å². The average molecular weight is 985 g/mol. The molecular formula is C63H52N8O4. The van der Waals surface area contributed by atoms with Gasteiger partial charge < -0.3 is 41.7 Å². The van der Waals surface area contributed by atoms with Crippen LogP contribution < -0.4 is 41.7 Å². The highest BCUT2D eigenvalue weighted by Gasteiger charge is 2.52. The van der Waals surface area contributed by atoms with Gasteiger partial charge in [-0.2, -0.15) is 0 Å². The van der Waals surface area contributed by atoms with Gasteiger partial charge >= 0.3 is 0 Å². The molecule has 0 atom stereocenters. The van der Waals surface area contributed by atoms with Crippen molar-refractivity contribution in [3.05, 3.63) is 210 Å². The molecule has 1 spiro atoms. The van der Waals surface area contributed by atoms with Crippen molar-refractivity contribution in [2.75, 3.05) is 55.0 Å². The van der Waals surface area contributed by atoms with Gasteiger partial charge in [0.2, 0.25) is 0 Å². The van der Waals surface area contributed by atoms with E-state index in [4.69, 9.17) is 11.5 Å². The molecule has 14 rings (SSSR count). The summed E-state index contributed by atoms with van der Waals surface area (Å²) in [6.07, 6.45) is 1.68. The molecule has 6 N–H and O–H groups in total. The molecule has 0 saturated heterocycles. The van der Waals surface area contributed by atoms with E-state index >= 15 is 0 Å². The molecule has 8 aromatic carbocycles. The molecular weight excluding hydrogens is 933 g/mol. The number of aldehydes is 2. The number of nitrogens with one attached hydrogen (secondary N) is 2. The van der Waals surface area contributed by atoms with E-state index in [9.17, 15) is 19.2 Å². The molecule has 0 saturated carbocycles. The Hall–Kier alpha value is -9.16. The summed E-state index contributed by atoms with van der Waals surface area (Å²) in [5.74, 6) is -0.549. The molecule has 4 heterocycles. The first-order valence-corrected chi connectivity index (χ1v) is 25.5. The van der Waals surface area contributed by atoms with Gasteiger partial charge in [0.05, 0.1) is 18.8 Å². The number of nitrogens with zero attached hydrogens (tertiary/aromatic N) is 4. The Morgan fingerprint density at radius 2 is 0.773 bits per heavy atom. The Kier molecular flexibility index (Phi) is 9.45. The van der Waals surface area contributed by atoms with E-state index in [1.54, 1.807) is 0 Å². The summed E-state index contributed by atoms with van der Waals surface area (Å²) in [4.78, 5) is 64.4. The van der Waals surface area contributed by atoms with Crippen LogP contribution in [0, 0.1) is 27.7 Å². The Morgan fingerprint density at radius 3 is 1.15 bits per heavy atom. The van der Waals surface area contributed by atoms with Gasteiger partial charge in [-0.15, -0.1) is 0 Å². The fraction of sp³-hybridized carbons (Fsp3) is 0.175. The van der Waals surface area contributed by atoms with Gasteiger partial charge in [-0.05, 0) is 202 Å². The Morgan fingerprint density at radius 1 is 0.440 bits per heavy atom. The van der Waals surface area contributed by atoms with E-state index in [1.165, 1.54) is 22.5 Å². The smallest absolute Gasteiger partial charge is 0.255 e. The van der Waals surface area contributed by atoms with Crippen molar-refractivity contribution in [1.29, 1.82) is 0 Å². The first-order valence-electron chi connectivity index (χ1n) is 25.5. The summed E-state index contributed by atoms with van der Waals surface area (Å²) in [7, 11) is 0. The predicted molar refractivity (Wildman–Crippen MR) is 297 cm³/mol. The molecule has 75 heavy (non-hydrogen) atoms. The van der Waals surface area contributed by atoms with E-state index in [2.05, 4.69) is 82.2 Å². The van der Waals surface area contributed by atoms with Crippen molar-refractivity contribution < 1.29 is 19.2 Å². The summed E-state index contributed by atoms with van der Waals surface area (Å²) in [5, 5.41) is 6.57. The summed E-state index contributed by atoms with van der Waals surface area (Å²) in [5.41, 5.74) is 37.0. The number of hydrogen-bond acceptors (Lipinski definition) is 10. The lowest BCUT2D eigenvalue weighted by molar-refractivity contribution is 0.101. The van der Waals surface area contributed by atoms with Crippen LogP contribution >= 0.6 is 0 Å². The van der Waals surface area contributed by atoms with Gasteiger partial charge in [-0.25, -0.2) is 0 Å². The number of carbonyl (C=O) groups excluding carboxylic acids is 4. The zero-order chi connectivity index (χ0) is 51.3. The third-order valence-corrected chi connectivity index (χ3v) is 17.4.